The van der Waals surface area contributed by atoms with Crippen LogP contribution in [-0.2, 0) is 22.6 Å². The number of carboxylic acids is 1. The third kappa shape index (κ3) is 3.69. The molecular formula is C21H23NO8. The van der Waals surface area contributed by atoms with Crippen LogP contribution in [0.1, 0.15) is 28.2 Å². The number of nitrogens with zero attached hydrogens (tertiary/aromatic N) is 1. The summed E-state index contributed by atoms with van der Waals surface area (Å²) in [6.07, 6.45) is -0.319. The van der Waals surface area contributed by atoms with Crippen LogP contribution in [0.4, 0.5) is 0 Å². The van der Waals surface area contributed by atoms with E-state index in [4.69, 9.17) is 9.84 Å². The number of aliphatic carboxylic acids is 1. The summed E-state index contributed by atoms with van der Waals surface area (Å²) < 4.78 is 5.76. The monoisotopic (exact) mass is 417 g/mol. The molecule has 0 fully saturated rings. The van der Waals surface area contributed by atoms with Crippen molar-refractivity contribution in [1.82, 2.24) is 4.90 Å². The molecule has 0 saturated heterocycles. The highest BCUT2D eigenvalue weighted by molar-refractivity contribution is 5.96. The summed E-state index contributed by atoms with van der Waals surface area (Å²) in [4.78, 5) is 25.2. The molecule has 1 heterocycles. The first kappa shape index (κ1) is 21.9. The van der Waals surface area contributed by atoms with E-state index >= 15 is 0 Å². The van der Waals surface area contributed by atoms with E-state index in [1.54, 1.807) is 24.3 Å². The van der Waals surface area contributed by atoms with Crippen molar-refractivity contribution in [3.05, 3.63) is 64.7 Å². The van der Waals surface area contributed by atoms with E-state index in [0.29, 0.717) is 21.6 Å². The molecule has 0 radical (unpaired) electrons. The first-order valence-electron chi connectivity index (χ1n) is 9.13. The number of aliphatic hydroxyl groups is 4. The summed E-state index contributed by atoms with van der Waals surface area (Å²) in [6, 6.07) is 11.2. The van der Waals surface area contributed by atoms with Gasteiger partial charge in [-0.15, -0.1) is 0 Å². The van der Waals surface area contributed by atoms with Crippen molar-refractivity contribution in [2.75, 3.05) is 14.1 Å². The Bertz CT molecular complexity index is 983. The van der Waals surface area contributed by atoms with Crippen molar-refractivity contribution in [3.63, 3.8) is 0 Å². The SMILES string of the molecule is CN(C)C(O)(O)C(O)(O)C(=O)C1c2ccccc2COc2ccc(CC(=O)O)cc21. The first-order valence-corrected chi connectivity index (χ1v) is 9.13. The Hall–Kier alpha value is -2.82. The third-order valence-electron chi connectivity index (χ3n) is 5.19. The highest BCUT2D eigenvalue weighted by Crippen LogP contribution is 2.41. The normalized spacial score (nSPS) is 16.3. The van der Waals surface area contributed by atoms with Crippen LogP contribution in [0.15, 0.2) is 42.5 Å². The number of likely N-dealkylation sites (N-methyl/N-ethyl adjacent to an activating group) is 1. The molecule has 30 heavy (non-hydrogen) atoms. The molecule has 0 amide bonds. The van der Waals surface area contributed by atoms with Gasteiger partial charge in [0.1, 0.15) is 12.4 Å². The molecule has 0 saturated carbocycles. The second-order valence-electron chi connectivity index (χ2n) is 7.43. The topological polar surface area (TPSA) is 148 Å². The van der Waals surface area contributed by atoms with Crippen LogP contribution in [-0.4, -0.2) is 68.0 Å². The Kier molecular flexibility index (Phi) is 5.68. The summed E-state index contributed by atoms with van der Waals surface area (Å²) in [6.45, 7) is 0.0894. The molecule has 2 aromatic carbocycles. The number of fused-ring (bicyclic) bond motifs is 2. The number of hydrogen-bond acceptors (Lipinski definition) is 8. The van der Waals surface area contributed by atoms with Gasteiger partial charge in [-0.1, -0.05) is 36.4 Å². The predicted molar refractivity (Wildman–Crippen MR) is 103 cm³/mol. The van der Waals surface area contributed by atoms with Crippen LogP contribution in [0, 0.1) is 0 Å². The molecule has 160 valence electrons. The Balaban J connectivity index is 2.22. The summed E-state index contributed by atoms with van der Waals surface area (Å²) in [7, 11) is 2.33. The second-order valence-corrected chi connectivity index (χ2v) is 7.43. The van der Waals surface area contributed by atoms with Crippen molar-refractivity contribution in [3.8, 4) is 5.75 Å². The minimum atomic E-state index is -3.57. The van der Waals surface area contributed by atoms with Crippen LogP contribution < -0.4 is 4.74 Å². The van der Waals surface area contributed by atoms with Crippen LogP contribution in [0.2, 0.25) is 0 Å². The number of carbonyl (C=O) groups is 2. The maximum Gasteiger partial charge on any atom is 0.307 e. The zero-order valence-corrected chi connectivity index (χ0v) is 16.4. The maximum atomic E-state index is 13.4. The van der Waals surface area contributed by atoms with Gasteiger partial charge in [0.15, 0.2) is 0 Å². The Labute approximate surface area is 172 Å². The van der Waals surface area contributed by atoms with Gasteiger partial charge in [-0.2, -0.15) is 0 Å². The third-order valence-corrected chi connectivity index (χ3v) is 5.19. The number of carboxylic acid groups (broad SMARTS) is 1. The van der Waals surface area contributed by atoms with Crippen LogP contribution >= 0.6 is 0 Å². The van der Waals surface area contributed by atoms with E-state index in [1.165, 1.54) is 18.2 Å². The predicted octanol–water partition coefficient (Wildman–Crippen LogP) is -0.212. The molecule has 0 aromatic heterocycles. The van der Waals surface area contributed by atoms with Gasteiger partial charge in [-0.05, 0) is 36.9 Å². The lowest BCUT2D eigenvalue weighted by Gasteiger charge is -2.39. The minimum absolute atomic E-state index is 0.0894. The Morgan fingerprint density at radius 3 is 2.37 bits per heavy atom. The molecule has 1 unspecified atom stereocenters. The van der Waals surface area contributed by atoms with Crippen molar-refractivity contribution in [2.45, 2.75) is 30.6 Å². The number of hydrogen-bond donors (Lipinski definition) is 5. The molecule has 1 atom stereocenters. The van der Waals surface area contributed by atoms with Crippen LogP contribution in [0.3, 0.4) is 0 Å². The second kappa shape index (κ2) is 7.78. The summed E-state index contributed by atoms with van der Waals surface area (Å²) >= 11 is 0. The summed E-state index contributed by atoms with van der Waals surface area (Å²) in [5.74, 6) is -10.3. The van der Waals surface area contributed by atoms with E-state index in [-0.39, 0.29) is 24.3 Å². The van der Waals surface area contributed by atoms with Gasteiger partial charge in [0.2, 0.25) is 5.78 Å². The standard InChI is InChI=1S/C21H23NO8/c1-22(2)21(28,29)20(26,27)19(25)18-14-6-4-3-5-13(14)11-30-16-8-7-12(9-15(16)18)10-17(23)24/h3-9,18,26-29H,10-11H2,1-2H3,(H,23,24). The minimum Gasteiger partial charge on any atom is -0.489 e. The molecule has 2 aromatic rings. The molecule has 3 rings (SSSR count). The van der Waals surface area contributed by atoms with Crippen molar-refractivity contribution < 1.29 is 39.9 Å². The van der Waals surface area contributed by atoms with E-state index in [1.807, 2.05) is 0 Å². The van der Waals surface area contributed by atoms with Gasteiger partial charge < -0.3 is 30.3 Å². The average Bonchev–Trinajstić information content (AvgIpc) is 2.83. The zero-order chi connectivity index (χ0) is 22.3. The molecule has 9 nitrogen and oxygen atoms in total. The maximum absolute atomic E-state index is 13.4. The van der Waals surface area contributed by atoms with Crippen molar-refractivity contribution in [2.24, 2.45) is 0 Å². The quantitative estimate of drug-likeness (QED) is 0.403. The van der Waals surface area contributed by atoms with Crippen molar-refractivity contribution >= 4 is 11.8 Å². The number of ether oxygens (including phenoxy) is 1. The highest BCUT2D eigenvalue weighted by Gasteiger charge is 2.58. The Morgan fingerprint density at radius 2 is 1.73 bits per heavy atom. The van der Waals surface area contributed by atoms with Gasteiger partial charge in [0, 0.05) is 5.56 Å². The first-order chi connectivity index (χ1) is 14.0. The van der Waals surface area contributed by atoms with Crippen molar-refractivity contribution in [1.29, 1.82) is 0 Å². The fourth-order valence-corrected chi connectivity index (χ4v) is 3.47. The molecule has 5 N–H and O–H groups in total. The number of benzene rings is 2. The number of carbonyl (C=O) groups excluding carboxylic acids is 1. The molecular weight excluding hydrogens is 394 g/mol. The number of rotatable bonds is 6. The van der Waals surface area contributed by atoms with E-state index in [9.17, 15) is 30.0 Å². The largest absolute Gasteiger partial charge is 0.489 e. The van der Waals surface area contributed by atoms with E-state index in [0.717, 1.165) is 14.1 Å². The highest BCUT2D eigenvalue weighted by atomic mass is 16.6. The van der Waals surface area contributed by atoms with Gasteiger partial charge >= 0.3 is 5.97 Å². The lowest BCUT2D eigenvalue weighted by Crippen LogP contribution is -2.67. The van der Waals surface area contributed by atoms with Gasteiger partial charge in [0.05, 0.1) is 12.3 Å². The summed E-state index contributed by atoms with van der Waals surface area (Å²) in [5, 5.41) is 50.6. The number of Topliss-reactive ketones (excluding diaryl/α,β-unsaturated/α-hetero) is 1. The Morgan fingerprint density at radius 1 is 1.07 bits per heavy atom. The van der Waals surface area contributed by atoms with Gasteiger partial charge in [-0.25, -0.2) is 0 Å². The number of ketones is 1. The lowest BCUT2D eigenvalue weighted by atomic mass is 9.80. The molecule has 0 aliphatic carbocycles. The fourth-order valence-electron chi connectivity index (χ4n) is 3.47. The zero-order valence-electron chi connectivity index (χ0n) is 16.4. The molecule has 0 spiro atoms. The molecule has 9 heteroatoms. The van der Waals surface area contributed by atoms with Crippen LogP contribution in [0.5, 0.6) is 5.75 Å². The molecule has 1 aliphatic rings. The van der Waals surface area contributed by atoms with Crippen LogP contribution in [0.25, 0.3) is 0 Å². The average molecular weight is 417 g/mol. The molecule has 1 aliphatic heterocycles. The lowest BCUT2D eigenvalue weighted by molar-refractivity contribution is -0.386. The van der Waals surface area contributed by atoms with Gasteiger partial charge in [-0.3, -0.25) is 14.5 Å². The summed E-state index contributed by atoms with van der Waals surface area (Å²) in [5.41, 5.74) is 1.55. The van der Waals surface area contributed by atoms with E-state index < -0.39 is 29.4 Å². The molecule has 0 bridgehead atoms. The van der Waals surface area contributed by atoms with Gasteiger partial charge in [0.25, 0.3) is 11.7 Å². The fraction of sp³-hybridized carbons (Fsp3) is 0.333. The van der Waals surface area contributed by atoms with E-state index in [2.05, 4.69) is 0 Å². The smallest absolute Gasteiger partial charge is 0.307 e.